The van der Waals surface area contributed by atoms with Gasteiger partial charge in [0.2, 0.25) is 5.76 Å². The van der Waals surface area contributed by atoms with Gasteiger partial charge in [-0.15, -0.1) is 0 Å². The van der Waals surface area contributed by atoms with E-state index in [1.54, 1.807) is 6.07 Å². The Bertz CT molecular complexity index is 438. The quantitative estimate of drug-likeness (QED) is 0.732. The minimum atomic E-state index is -0.906. The van der Waals surface area contributed by atoms with Crippen LogP contribution in [-0.2, 0) is 16.1 Å². The van der Waals surface area contributed by atoms with E-state index in [1.807, 2.05) is 13.8 Å². The Morgan fingerprint density at radius 1 is 1.47 bits per heavy atom. The summed E-state index contributed by atoms with van der Waals surface area (Å²) in [4.78, 5) is 22.5. The standard InChI is InChI=1S/C13H19NO5/c1-8(2)6-10(12(15)16)14-7-9-4-5-19-11(9)13(17)18-3/h4-5,8,10,14H,6-7H2,1-3H3,(H,15,16). The smallest absolute Gasteiger partial charge is 0.374 e. The lowest BCUT2D eigenvalue weighted by Crippen LogP contribution is -2.37. The van der Waals surface area contributed by atoms with Crippen LogP contribution in [0.3, 0.4) is 0 Å². The molecule has 0 saturated heterocycles. The lowest BCUT2D eigenvalue weighted by atomic mass is 10.0. The van der Waals surface area contributed by atoms with Gasteiger partial charge in [0.05, 0.1) is 13.4 Å². The van der Waals surface area contributed by atoms with Crippen molar-refractivity contribution in [3.05, 3.63) is 23.7 Å². The molecule has 0 amide bonds. The number of carbonyl (C=O) groups is 2. The van der Waals surface area contributed by atoms with Crippen LogP contribution in [-0.4, -0.2) is 30.2 Å². The fraction of sp³-hybridized carbons (Fsp3) is 0.538. The number of hydrogen-bond donors (Lipinski definition) is 2. The molecular formula is C13H19NO5. The van der Waals surface area contributed by atoms with Gasteiger partial charge in [0.25, 0.3) is 0 Å². The molecule has 0 bridgehead atoms. The van der Waals surface area contributed by atoms with Gasteiger partial charge in [0.1, 0.15) is 6.04 Å². The summed E-state index contributed by atoms with van der Waals surface area (Å²) in [6.07, 6.45) is 1.89. The SMILES string of the molecule is COC(=O)c1occc1CNC(CC(C)C)C(=O)O. The Morgan fingerprint density at radius 2 is 2.16 bits per heavy atom. The molecule has 1 heterocycles. The van der Waals surface area contributed by atoms with E-state index in [9.17, 15) is 9.59 Å². The van der Waals surface area contributed by atoms with Crippen LogP contribution in [0, 0.1) is 5.92 Å². The third-order valence-corrected chi connectivity index (χ3v) is 2.66. The molecule has 6 nitrogen and oxygen atoms in total. The summed E-state index contributed by atoms with van der Waals surface area (Å²) in [6.45, 7) is 4.15. The second-order valence-corrected chi connectivity index (χ2v) is 4.67. The van der Waals surface area contributed by atoms with E-state index in [1.165, 1.54) is 13.4 Å². The summed E-state index contributed by atoms with van der Waals surface area (Å²) in [5, 5.41) is 12.0. The van der Waals surface area contributed by atoms with Crippen molar-refractivity contribution in [2.75, 3.05) is 7.11 Å². The summed E-state index contributed by atoms with van der Waals surface area (Å²) in [6, 6.07) is 0.966. The Kier molecular flexibility index (Phi) is 5.57. The highest BCUT2D eigenvalue weighted by Gasteiger charge is 2.21. The molecule has 1 rings (SSSR count). The molecule has 1 unspecified atom stereocenters. The maximum Gasteiger partial charge on any atom is 0.374 e. The zero-order chi connectivity index (χ0) is 14.4. The molecule has 0 fully saturated rings. The van der Waals surface area contributed by atoms with Crippen molar-refractivity contribution in [1.29, 1.82) is 0 Å². The number of carbonyl (C=O) groups excluding carboxylic acids is 1. The van der Waals surface area contributed by atoms with Gasteiger partial charge in [-0.1, -0.05) is 13.8 Å². The number of esters is 1. The van der Waals surface area contributed by atoms with Crippen LogP contribution in [0.2, 0.25) is 0 Å². The summed E-state index contributed by atoms with van der Waals surface area (Å²) in [7, 11) is 1.26. The summed E-state index contributed by atoms with van der Waals surface area (Å²) in [5.74, 6) is -1.11. The molecular weight excluding hydrogens is 250 g/mol. The second-order valence-electron chi connectivity index (χ2n) is 4.67. The Morgan fingerprint density at radius 3 is 2.68 bits per heavy atom. The number of rotatable bonds is 7. The van der Waals surface area contributed by atoms with E-state index < -0.39 is 18.0 Å². The number of carboxylic acids is 1. The van der Waals surface area contributed by atoms with E-state index in [4.69, 9.17) is 9.52 Å². The molecule has 1 aromatic rings. The van der Waals surface area contributed by atoms with E-state index in [2.05, 4.69) is 10.1 Å². The molecule has 0 aliphatic rings. The maximum atomic E-state index is 11.4. The van der Waals surface area contributed by atoms with Crippen molar-refractivity contribution < 1.29 is 23.8 Å². The molecule has 6 heteroatoms. The van der Waals surface area contributed by atoms with Crippen molar-refractivity contribution in [3.63, 3.8) is 0 Å². The highest BCUT2D eigenvalue weighted by molar-refractivity contribution is 5.87. The molecule has 19 heavy (non-hydrogen) atoms. The lowest BCUT2D eigenvalue weighted by molar-refractivity contribution is -0.140. The van der Waals surface area contributed by atoms with Gasteiger partial charge in [0, 0.05) is 12.1 Å². The lowest BCUT2D eigenvalue weighted by Gasteiger charge is -2.16. The first kappa shape index (κ1) is 15.2. The number of carboxylic acid groups (broad SMARTS) is 1. The molecule has 0 aliphatic carbocycles. The van der Waals surface area contributed by atoms with Gasteiger partial charge in [-0.05, 0) is 18.4 Å². The van der Waals surface area contributed by atoms with Crippen molar-refractivity contribution in [3.8, 4) is 0 Å². The van der Waals surface area contributed by atoms with Gasteiger partial charge in [-0.2, -0.15) is 0 Å². The molecule has 0 saturated carbocycles. The molecule has 2 N–H and O–H groups in total. The predicted molar refractivity (Wildman–Crippen MR) is 67.8 cm³/mol. The van der Waals surface area contributed by atoms with Crippen LogP contribution >= 0.6 is 0 Å². The van der Waals surface area contributed by atoms with E-state index in [0.717, 1.165) is 0 Å². The van der Waals surface area contributed by atoms with Crippen LogP contribution in [0.25, 0.3) is 0 Å². The van der Waals surface area contributed by atoms with E-state index in [0.29, 0.717) is 12.0 Å². The Hall–Kier alpha value is -1.82. The molecule has 106 valence electrons. The fourth-order valence-electron chi connectivity index (χ4n) is 1.72. The Balaban J connectivity index is 2.67. The van der Waals surface area contributed by atoms with Crippen LogP contribution in [0.5, 0.6) is 0 Å². The normalized spacial score (nSPS) is 12.4. The van der Waals surface area contributed by atoms with Gasteiger partial charge >= 0.3 is 11.9 Å². The number of nitrogens with one attached hydrogen (secondary N) is 1. The molecule has 0 aromatic carbocycles. The predicted octanol–water partition coefficient (Wildman–Crippen LogP) is 1.66. The minimum Gasteiger partial charge on any atom is -0.480 e. The zero-order valence-corrected chi connectivity index (χ0v) is 11.3. The molecule has 1 atom stereocenters. The molecule has 0 aliphatic heterocycles. The average molecular weight is 269 g/mol. The molecule has 1 aromatic heterocycles. The molecule has 0 spiro atoms. The monoisotopic (exact) mass is 269 g/mol. The van der Waals surface area contributed by atoms with Crippen molar-refractivity contribution in [2.24, 2.45) is 5.92 Å². The number of furan rings is 1. The van der Waals surface area contributed by atoms with Gasteiger partial charge in [-0.25, -0.2) is 4.79 Å². The first-order valence-corrected chi connectivity index (χ1v) is 6.06. The highest BCUT2D eigenvalue weighted by atomic mass is 16.5. The largest absolute Gasteiger partial charge is 0.480 e. The van der Waals surface area contributed by atoms with E-state index in [-0.39, 0.29) is 18.2 Å². The highest BCUT2D eigenvalue weighted by Crippen LogP contribution is 2.13. The maximum absolute atomic E-state index is 11.4. The van der Waals surface area contributed by atoms with Gasteiger partial charge in [0.15, 0.2) is 0 Å². The van der Waals surface area contributed by atoms with Gasteiger partial charge < -0.3 is 19.6 Å². The number of hydrogen-bond acceptors (Lipinski definition) is 5. The van der Waals surface area contributed by atoms with E-state index >= 15 is 0 Å². The van der Waals surface area contributed by atoms with Crippen molar-refractivity contribution in [1.82, 2.24) is 5.32 Å². The summed E-state index contributed by atoms with van der Waals surface area (Å²) in [5.41, 5.74) is 0.585. The topological polar surface area (TPSA) is 88.8 Å². The minimum absolute atomic E-state index is 0.101. The van der Waals surface area contributed by atoms with Crippen LogP contribution in [0.4, 0.5) is 0 Å². The first-order valence-electron chi connectivity index (χ1n) is 6.06. The summed E-state index contributed by atoms with van der Waals surface area (Å²) < 4.78 is 9.61. The number of methoxy groups -OCH3 is 1. The van der Waals surface area contributed by atoms with Crippen LogP contribution in [0.1, 0.15) is 36.4 Å². The fourth-order valence-corrected chi connectivity index (χ4v) is 1.72. The first-order chi connectivity index (χ1) is 8.95. The average Bonchev–Trinajstić information content (AvgIpc) is 2.81. The number of aliphatic carboxylic acids is 1. The van der Waals surface area contributed by atoms with Crippen LogP contribution < -0.4 is 5.32 Å². The third-order valence-electron chi connectivity index (χ3n) is 2.66. The number of ether oxygens (including phenoxy) is 1. The molecule has 0 radical (unpaired) electrons. The summed E-state index contributed by atoms with van der Waals surface area (Å²) >= 11 is 0. The zero-order valence-electron chi connectivity index (χ0n) is 11.3. The third kappa shape index (κ3) is 4.40. The Labute approximate surface area is 111 Å². The second kappa shape index (κ2) is 6.94. The van der Waals surface area contributed by atoms with Crippen LogP contribution in [0.15, 0.2) is 16.7 Å². The van der Waals surface area contributed by atoms with Crippen molar-refractivity contribution in [2.45, 2.75) is 32.9 Å². The van der Waals surface area contributed by atoms with Crippen molar-refractivity contribution >= 4 is 11.9 Å². The van der Waals surface area contributed by atoms with Gasteiger partial charge in [-0.3, -0.25) is 4.79 Å².